The third-order valence-electron chi connectivity index (χ3n) is 1.70. The van der Waals surface area contributed by atoms with Crippen molar-refractivity contribution in [3.63, 3.8) is 0 Å². The molecule has 0 aliphatic carbocycles. The van der Waals surface area contributed by atoms with Crippen molar-refractivity contribution >= 4 is 22.6 Å². The molecule has 11 heavy (non-hydrogen) atoms. The summed E-state index contributed by atoms with van der Waals surface area (Å²) in [4.78, 5) is 0. The molecule has 0 fully saturated rings. The summed E-state index contributed by atoms with van der Waals surface area (Å²) in [5.41, 5.74) is 0. The van der Waals surface area contributed by atoms with Crippen molar-refractivity contribution in [1.82, 2.24) is 5.32 Å². The zero-order valence-electron chi connectivity index (χ0n) is 7.60. The van der Waals surface area contributed by atoms with E-state index in [0.29, 0.717) is 6.04 Å². The highest BCUT2D eigenvalue weighted by molar-refractivity contribution is 14.1. The largest absolute Gasteiger partial charge is 0.310 e. The maximum Gasteiger partial charge on any atom is 0.0183 e. The van der Waals surface area contributed by atoms with E-state index in [1.807, 2.05) is 0 Å². The van der Waals surface area contributed by atoms with Crippen LogP contribution in [0.15, 0.2) is 12.2 Å². The Morgan fingerprint density at radius 3 is 2.45 bits per heavy atom. The summed E-state index contributed by atoms with van der Waals surface area (Å²) in [6.45, 7) is 7.57. The molecule has 0 amide bonds. The molecule has 0 aliphatic heterocycles. The molecule has 0 bridgehead atoms. The van der Waals surface area contributed by atoms with Gasteiger partial charge in [0.05, 0.1) is 0 Å². The maximum absolute atomic E-state index is 3.48. The summed E-state index contributed by atoms with van der Waals surface area (Å²) in [6.07, 6.45) is 4.24. The summed E-state index contributed by atoms with van der Waals surface area (Å²) >= 11 is 2.43. The first kappa shape index (κ1) is 11.4. The van der Waals surface area contributed by atoms with Crippen LogP contribution < -0.4 is 5.32 Å². The molecule has 0 rings (SSSR count). The van der Waals surface area contributed by atoms with Gasteiger partial charge in [-0.25, -0.2) is 0 Å². The first-order chi connectivity index (χ1) is 5.22. The molecule has 1 nitrogen and oxygen atoms in total. The molecule has 66 valence electrons. The first-order valence-corrected chi connectivity index (χ1v) is 5.65. The first-order valence-electron chi connectivity index (χ1n) is 4.12. The Hall–Kier alpha value is 0.430. The van der Waals surface area contributed by atoms with E-state index in [9.17, 15) is 0 Å². The maximum atomic E-state index is 3.48. The molecule has 1 unspecified atom stereocenters. The van der Waals surface area contributed by atoms with E-state index in [4.69, 9.17) is 0 Å². The van der Waals surface area contributed by atoms with Crippen LogP contribution >= 0.6 is 22.6 Å². The molecule has 1 atom stereocenters. The smallest absolute Gasteiger partial charge is 0.0183 e. The van der Waals surface area contributed by atoms with E-state index in [0.717, 1.165) is 12.5 Å². The van der Waals surface area contributed by atoms with Crippen LogP contribution in [0.1, 0.15) is 20.8 Å². The van der Waals surface area contributed by atoms with Gasteiger partial charge in [0.1, 0.15) is 0 Å². The fraction of sp³-hybridized carbons (Fsp3) is 0.778. The van der Waals surface area contributed by atoms with Crippen LogP contribution in [0.3, 0.4) is 0 Å². The van der Waals surface area contributed by atoms with Crippen LogP contribution in [0.4, 0.5) is 0 Å². The highest BCUT2D eigenvalue weighted by Crippen LogP contribution is 2.04. The van der Waals surface area contributed by atoms with Crippen LogP contribution in [0.25, 0.3) is 0 Å². The summed E-state index contributed by atoms with van der Waals surface area (Å²) in [7, 11) is 0. The van der Waals surface area contributed by atoms with Gasteiger partial charge in [0.25, 0.3) is 0 Å². The van der Waals surface area contributed by atoms with E-state index in [1.54, 1.807) is 0 Å². The Kier molecular flexibility index (Phi) is 7.38. The lowest BCUT2D eigenvalue weighted by molar-refractivity contribution is 0.455. The second-order valence-electron chi connectivity index (χ2n) is 2.98. The lowest BCUT2D eigenvalue weighted by Gasteiger charge is -2.18. The van der Waals surface area contributed by atoms with E-state index < -0.39 is 0 Å². The van der Waals surface area contributed by atoms with E-state index in [2.05, 4.69) is 60.8 Å². The minimum absolute atomic E-state index is 0.659. The van der Waals surface area contributed by atoms with E-state index in [-0.39, 0.29) is 0 Å². The number of hydrogen-bond acceptors (Lipinski definition) is 1. The quantitative estimate of drug-likeness (QED) is 0.458. The zero-order valence-corrected chi connectivity index (χ0v) is 9.76. The molecule has 0 saturated heterocycles. The van der Waals surface area contributed by atoms with Crippen molar-refractivity contribution < 1.29 is 0 Å². The van der Waals surface area contributed by atoms with Gasteiger partial charge in [-0.1, -0.05) is 48.6 Å². The van der Waals surface area contributed by atoms with Crippen LogP contribution in [0, 0.1) is 5.92 Å². The fourth-order valence-electron chi connectivity index (χ4n) is 0.806. The van der Waals surface area contributed by atoms with Crippen molar-refractivity contribution in [2.75, 3.05) is 11.0 Å². The van der Waals surface area contributed by atoms with Gasteiger partial charge < -0.3 is 5.32 Å². The lowest BCUT2D eigenvalue weighted by Crippen LogP contribution is -2.35. The van der Waals surface area contributed by atoms with Gasteiger partial charge in [-0.3, -0.25) is 0 Å². The molecule has 0 radical (unpaired) electrons. The number of allylic oxidation sites excluding steroid dienone is 1. The minimum atomic E-state index is 0.659. The summed E-state index contributed by atoms with van der Waals surface area (Å²) in [5.74, 6) is 0.733. The van der Waals surface area contributed by atoms with Crippen molar-refractivity contribution in [3.05, 3.63) is 12.2 Å². The third-order valence-corrected chi connectivity index (χ3v) is 2.65. The average molecular weight is 267 g/mol. The highest BCUT2D eigenvalue weighted by Gasteiger charge is 2.08. The van der Waals surface area contributed by atoms with Crippen molar-refractivity contribution in [2.45, 2.75) is 26.8 Å². The van der Waals surface area contributed by atoms with E-state index >= 15 is 0 Å². The molecule has 0 aromatic rings. The van der Waals surface area contributed by atoms with Gasteiger partial charge in [-0.2, -0.15) is 0 Å². The molecule has 1 N–H and O–H groups in total. The molecular formula is C9H18IN. The van der Waals surface area contributed by atoms with Crippen LogP contribution in [-0.2, 0) is 0 Å². The van der Waals surface area contributed by atoms with Gasteiger partial charge in [-0.15, -0.1) is 0 Å². The third kappa shape index (κ3) is 5.67. The Morgan fingerprint density at radius 2 is 2.09 bits per heavy atom. The Labute approximate surface area is 83.8 Å². The molecule has 0 heterocycles. The number of hydrogen-bond donors (Lipinski definition) is 1. The molecule has 2 heteroatoms. The Bertz CT molecular complexity index is 110. The van der Waals surface area contributed by atoms with Crippen LogP contribution in [0.2, 0.25) is 0 Å². The molecular weight excluding hydrogens is 249 g/mol. The second-order valence-corrected chi connectivity index (χ2v) is 3.86. The lowest BCUT2D eigenvalue weighted by atomic mass is 10.1. The number of alkyl halides is 1. The van der Waals surface area contributed by atoms with Gasteiger partial charge in [0.2, 0.25) is 0 Å². The van der Waals surface area contributed by atoms with Crippen LogP contribution in [-0.4, -0.2) is 17.0 Å². The predicted molar refractivity (Wildman–Crippen MR) is 60.3 cm³/mol. The zero-order chi connectivity index (χ0) is 8.69. The van der Waals surface area contributed by atoms with Crippen molar-refractivity contribution in [1.29, 1.82) is 0 Å². The van der Waals surface area contributed by atoms with Crippen molar-refractivity contribution in [2.24, 2.45) is 5.92 Å². The topological polar surface area (TPSA) is 12.0 Å². The van der Waals surface area contributed by atoms with Crippen molar-refractivity contribution in [3.8, 4) is 0 Å². The number of rotatable bonds is 5. The average Bonchev–Trinajstić information content (AvgIpc) is 1.97. The summed E-state index contributed by atoms with van der Waals surface area (Å²) in [6, 6.07) is 0.659. The fourth-order valence-corrected chi connectivity index (χ4v) is 2.13. The van der Waals surface area contributed by atoms with Crippen LogP contribution in [0.5, 0.6) is 0 Å². The number of nitrogens with one attached hydrogen (secondary N) is 1. The summed E-state index contributed by atoms with van der Waals surface area (Å²) in [5, 5.41) is 3.48. The molecule has 0 aliphatic rings. The van der Waals surface area contributed by atoms with Gasteiger partial charge >= 0.3 is 0 Å². The normalized spacial score (nSPS) is 14.6. The van der Waals surface area contributed by atoms with Gasteiger partial charge in [-0.05, 0) is 12.8 Å². The number of halogens is 1. The molecule has 0 aromatic carbocycles. The van der Waals surface area contributed by atoms with Gasteiger partial charge in [0.15, 0.2) is 0 Å². The SMILES string of the molecule is C/C=C/CNC(CI)C(C)C. The summed E-state index contributed by atoms with van der Waals surface area (Å²) < 4.78 is 1.19. The molecule has 0 spiro atoms. The van der Waals surface area contributed by atoms with E-state index in [1.165, 1.54) is 4.43 Å². The molecule has 0 saturated carbocycles. The Morgan fingerprint density at radius 1 is 1.45 bits per heavy atom. The van der Waals surface area contributed by atoms with Gasteiger partial charge in [0, 0.05) is 17.0 Å². The highest BCUT2D eigenvalue weighted by atomic mass is 127. The monoisotopic (exact) mass is 267 g/mol. The Balaban J connectivity index is 3.52. The standard InChI is InChI=1S/C9H18IN/c1-4-5-6-11-9(7-10)8(2)3/h4-5,8-9,11H,6-7H2,1-3H3/b5-4+. The molecule has 0 aromatic heterocycles. The predicted octanol–water partition coefficient (Wildman–Crippen LogP) is 2.61. The minimum Gasteiger partial charge on any atom is -0.310 e. The second kappa shape index (κ2) is 7.10.